The molecule has 248 valence electrons. The minimum Gasteiger partial charge on any atom is -0.619 e. The number of alkyl halides is 2. The number of hydrogen-bond donors (Lipinski definition) is 0. The number of nitrogens with zero attached hydrogens (tertiary/aromatic N) is 2. The lowest BCUT2D eigenvalue weighted by molar-refractivity contribution is -0.605. The average molecular weight is 786 g/mol. The Morgan fingerprint density at radius 2 is 1.87 bits per heavy atom. The van der Waals surface area contributed by atoms with E-state index >= 15 is 0 Å². The van der Waals surface area contributed by atoms with Gasteiger partial charge in [-0.1, -0.05) is 45.2 Å². The van der Waals surface area contributed by atoms with Crippen molar-refractivity contribution >= 4 is 66.9 Å². The van der Waals surface area contributed by atoms with Crippen molar-refractivity contribution in [1.82, 2.24) is 4.31 Å². The highest BCUT2D eigenvalue weighted by Gasteiger charge is 2.43. The van der Waals surface area contributed by atoms with Crippen LogP contribution < -0.4 is 14.2 Å². The van der Waals surface area contributed by atoms with Crippen molar-refractivity contribution < 1.29 is 45.3 Å². The van der Waals surface area contributed by atoms with Gasteiger partial charge < -0.3 is 19.4 Å². The average Bonchev–Trinajstić information content (AvgIpc) is 3.66. The molecule has 1 aliphatic heterocycles. The Labute approximate surface area is 285 Å². The van der Waals surface area contributed by atoms with Crippen molar-refractivity contribution in [2.45, 2.75) is 49.2 Å². The molecule has 2 fully saturated rings. The first-order valence-electron chi connectivity index (χ1n) is 13.8. The topological polar surface area (TPSA) is 109 Å². The first-order chi connectivity index (χ1) is 21.7. The molecule has 1 aliphatic carbocycles. The Bertz CT molecular complexity index is 1730. The number of benzene rings is 2. The summed E-state index contributed by atoms with van der Waals surface area (Å²) in [6.07, 6.45) is 2.57. The lowest BCUT2D eigenvalue weighted by Gasteiger charge is -2.26. The largest absolute Gasteiger partial charge is 0.619 e. The molecule has 17 heteroatoms. The number of hydrogen-bond acceptors (Lipinski definition) is 8. The van der Waals surface area contributed by atoms with Crippen molar-refractivity contribution in [3.8, 4) is 11.5 Å². The molecule has 3 aromatic rings. The number of aromatic nitrogens is 1. The fraction of sp³-hybridized carbons (Fsp3) is 0.379. The van der Waals surface area contributed by atoms with E-state index in [2.05, 4.69) is 20.7 Å². The van der Waals surface area contributed by atoms with E-state index < -0.39 is 44.8 Å². The third kappa shape index (κ3) is 7.98. The molecule has 46 heavy (non-hydrogen) atoms. The van der Waals surface area contributed by atoms with Gasteiger partial charge in [-0.3, -0.25) is 0 Å². The van der Waals surface area contributed by atoms with E-state index in [0.717, 1.165) is 47.4 Å². The quantitative estimate of drug-likeness (QED) is 0.112. The molecule has 0 N–H and O–H groups in total. The van der Waals surface area contributed by atoms with Crippen LogP contribution in [0.15, 0.2) is 52.1 Å². The third-order valence-electron chi connectivity index (χ3n) is 7.28. The Morgan fingerprint density at radius 3 is 2.52 bits per heavy atom. The molecule has 9 nitrogen and oxygen atoms in total. The second-order valence-electron chi connectivity index (χ2n) is 10.6. The highest BCUT2D eigenvalue weighted by Crippen LogP contribution is 2.39. The molecule has 0 unspecified atom stereocenters. The summed E-state index contributed by atoms with van der Waals surface area (Å²) >= 11 is 16.8. The molecule has 0 radical (unpaired) electrons. The van der Waals surface area contributed by atoms with Crippen LogP contribution in [0.3, 0.4) is 0 Å². The summed E-state index contributed by atoms with van der Waals surface area (Å²) in [4.78, 5) is 13.1. The van der Waals surface area contributed by atoms with Crippen LogP contribution in [-0.2, 0) is 26.0 Å². The molecule has 1 saturated carbocycles. The van der Waals surface area contributed by atoms with Crippen molar-refractivity contribution in [3.05, 3.63) is 85.0 Å². The number of halogens is 6. The van der Waals surface area contributed by atoms with Gasteiger partial charge in [0.15, 0.2) is 29.3 Å². The number of ether oxygens (including phenoxy) is 3. The summed E-state index contributed by atoms with van der Waals surface area (Å²) in [5.41, 5.74) is 0.970. The number of sulfonamides is 1. The normalized spacial score (nSPS) is 17.7. The van der Waals surface area contributed by atoms with Crippen LogP contribution in [0.2, 0.25) is 10.0 Å². The highest BCUT2D eigenvalue weighted by molar-refractivity contribution is 9.10. The summed E-state index contributed by atoms with van der Waals surface area (Å²) < 4.78 is 86.3. The lowest BCUT2D eigenvalue weighted by atomic mass is 10.0. The standard InChI is InChI=1S/C29H26BrCl2F3N2O7S2/c1-15-8-26(22(33)11-19(15)30)46(40,41)37-6-7-45-27(37)28(38)43-24(10-18-20(31)12-36(39)13-21(18)32)17-4-5-23(44-29(34)35)25(9-17)42-14-16-2-3-16/h4-5,8-9,11-13,16,24,27,29H,2-3,6-7,10,14H2,1H3/t24-,27-/m0/s1. The van der Waals surface area contributed by atoms with Crippen LogP contribution >= 0.6 is 50.9 Å². The van der Waals surface area contributed by atoms with Crippen LogP contribution in [0.25, 0.3) is 0 Å². The second kappa shape index (κ2) is 14.4. The Kier molecular flexibility index (Phi) is 10.9. The van der Waals surface area contributed by atoms with E-state index in [0.29, 0.717) is 14.8 Å². The molecule has 0 spiro atoms. The Hall–Kier alpha value is -2.43. The minimum atomic E-state index is -4.49. The molecule has 2 aliphatic rings. The summed E-state index contributed by atoms with van der Waals surface area (Å²) in [5.74, 6) is -1.73. The number of carbonyl (C=O) groups excluding carboxylic acids is 1. The fourth-order valence-corrected chi connectivity index (χ4v) is 8.80. The molecule has 2 heterocycles. The molecule has 2 atom stereocenters. The van der Waals surface area contributed by atoms with Gasteiger partial charge in [-0.2, -0.15) is 17.8 Å². The molecule has 0 amide bonds. The van der Waals surface area contributed by atoms with E-state index in [9.17, 15) is 31.6 Å². The number of carbonyl (C=O) groups is 1. The molecule has 5 rings (SSSR count). The van der Waals surface area contributed by atoms with Gasteiger partial charge in [-0.15, -0.1) is 11.8 Å². The molecule has 2 aromatic carbocycles. The molecular weight excluding hydrogens is 760 g/mol. The minimum absolute atomic E-state index is 0.0195. The maximum absolute atomic E-state index is 14.9. The first kappa shape index (κ1) is 34.9. The zero-order valence-corrected chi connectivity index (χ0v) is 28.7. The van der Waals surface area contributed by atoms with Crippen molar-refractivity contribution in [1.29, 1.82) is 0 Å². The zero-order valence-electron chi connectivity index (χ0n) is 23.9. The fourth-order valence-electron chi connectivity index (χ4n) is 4.70. The van der Waals surface area contributed by atoms with Crippen LogP contribution in [0.5, 0.6) is 11.5 Å². The number of rotatable bonds is 12. The number of esters is 1. The lowest BCUT2D eigenvalue weighted by Crippen LogP contribution is -2.41. The van der Waals surface area contributed by atoms with Gasteiger partial charge in [-0.05, 0) is 61.1 Å². The van der Waals surface area contributed by atoms with Gasteiger partial charge >= 0.3 is 12.6 Å². The SMILES string of the molecule is Cc1cc(S(=O)(=O)N2CCS[C@H]2C(=O)O[C@@H](Cc2c(Cl)c[n+]([O-])cc2Cl)c2ccc(OC(F)F)c(OCC3CC3)c2)c(F)cc1Br. The summed E-state index contributed by atoms with van der Waals surface area (Å²) in [6, 6.07) is 6.22. The first-order valence-corrected chi connectivity index (χ1v) is 17.9. The van der Waals surface area contributed by atoms with E-state index in [1.54, 1.807) is 6.92 Å². The number of pyridine rings is 1. The number of aryl methyl sites for hydroxylation is 1. The van der Waals surface area contributed by atoms with Gasteiger partial charge in [0.1, 0.15) is 26.9 Å². The van der Waals surface area contributed by atoms with Crippen molar-refractivity contribution in [3.63, 3.8) is 0 Å². The second-order valence-corrected chi connectivity index (χ2v) is 15.3. The molecule has 1 saturated heterocycles. The van der Waals surface area contributed by atoms with Crippen LogP contribution in [0, 0.1) is 23.9 Å². The van der Waals surface area contributed by atoms with E-state index in [1.807, 2.05) is 0 Å². The summed E-state index contributed by atoms with van der Waals surface area (Å²) in [7, 11) is -4.49. The highest BCUT2D eigenvalue weighted by atomic mass is 79.9. The van der Waals surface area contributed by atoms with Crippen molar-refractivity contribution in [2.75, 3.05) is 18.9 Å². The molecular formula is C29H26BrCl2F3N2O7S2. The predicted octanol–water partition coefficient (Wildman–Crippen LogP) is 6.82. The van der Waals surface area contributed by atoms with Crippen molar-refractivity contribution in [2.24, 2.45) is 5.92 Å². The third-order valence-corrected chi connectivity index (χ3v) is 12.0. The maximum Gasteiger partial charge on any atom is 0.387 e. The van der Waals surface area contributed by atoms with Gasteiger partial charge in [0.25, 0.3) is 0 Å². The van der Waals surface area contributed by atoms with Gasteiger partial charge in [0.05, 0.1) is 6.61 Å². The maximum atomic E-state index is 14.9. The van der Waals surface area contributed by atoms with Crippen LogP contribution in [-0.4, -0.2) is 49.6 Å². The number of thioether (sulfide) groups is 1. The Balaban J connectivity index is 1.49. The van der Waals surface area contributed by atoms with Crippen LogP contribution in [0.1, 0.15) is 35.6 Å². The summed E-state index contributed by atoms with van der Waals surface area (Å²) in [5, 5.41) is 10.4. The zero-order chi connectivity index (χ0) is 33.3. The molecule has 1 aromatic heterocycles. The summed E-state index contributed by atoms with van der Waals surface area (Å²) in [6.45, 7) is -1.36. The molecule has 0 bridgehead atoms. The van der Waals surface area contributed by atoms with Gasteiger partial charge in [0.2, 0.25) is 10.0 Å². The Morgan fingerprint density at radius 1 is 1.17 bits per heavy atom. The van der Waals surface area contributed by atoms with Crippen LogP contribution in [0.4, 0.5) is 13.2 Å². The van der Waals surface area contributed by atoms with Gasteiger partial charge in [-0.25, -0.2) is 17.6 Å². The van der Waals surface area contributed by atoms with E-state index in [-0.39, 0.29) is 63.9 Å². The van der Waals surface area contributed by atoms with E-state index in [4.69, 9.17) is 32.7 Å². The smallest absolute Gasteiger partial charge is 0.387 e. The van der Waals surface area contributed by atoms with Gasteiger partial charge in [0, 0.05) is 28.8 Å². The predicted molar refractivity (Wildman–Crippen MR) is 168 cm³/mol. The monoisotopic (exact) mass is 784 g/mol. The van der Waals surface area contributed by atoms with E-state index in [1.165, 1.54) is 24.3 Å².